The second-order valence-corrected chi connectivity index (χ2v) is 17.2. The molecule has 0 aromatic heterocycles. The standard InChI is InChI=1S/C39H42BrCl3FN3O4.ClH/c1-38(2,39(41,42)43)51-37(49)47-29-21-30(26-12-10-24(11-13-26)9-6-18-50-34-20-28(44)16-17-31(34)40)35(33(47)23-45-22-29)36(48)46-32(27-14-15-27)19-25-7-4-3-5-8-25;/h3-5,7-8,10-13,16-17,20,27,29,32-33,45H,6,9,14-15,18-19,21-23H2,1-2H3,(H,46,48);1H/t29-,32?,33-;/m1./s1. The van der Waals surface area contributed by atoms with E-state index in [1.54, 1.807) is 24.8 Å². The first-order chi connectivity index (χ1) is 24.3. The summed E-state index contributed by atoms with van der Waals surface area (Å²) in [5.41, 5.74) is 3.25. The summed E-state index contributed by atoms with van der Waals surface area (Å²) in [4.78, 5) is 30.1. The van der Waals surface area contributed by atoms with Crippen LogP contribution in [0.15, 0.2) is 82.8 Å². The molecule has 3 aromatic rings. The van der Waals surface area contributed by atoms with Crippen molar-refractivity contribution in [1.82, 2.24) is 15.5 Å². The van der Waals surface area contributed by atoms with Crippen LogP contribution in [0, 0.1) is 11.7 Å². The maximum Gasteiger partial charge on any atom is 0.411 e. The van der Waals surface area contributed by atoms with E-state index in [2.05, 4.69) is 50.8 Å². The zero-order valence-corrected chi connectivity index (χ0v) is 33.7. The number of fused-ring (bicyclic) bond motifs is 2. The lowest BCUT2D eigenvalue weighted by Gasteiger charge is -2.48. The number of halogens is 6. The minimum atomic E-state index is -1.86. The maximum absolute atomic E-state index is 14.6. The van der Waals surface area contributed by atoms with E-state index in [-0.39, 0.29) is 36.2 Å². The molecule has 13 heteroatoms. The van der Waals surface area contributed by atoms with Crippen molar-refractivity contribution in [1.29, 1.82) is 0 Å². The summed E-state index contributed by atoms with van der Waals surface area (Å²) in [6.45, 7) is 4.45. The number of nitrogens with zero attached hydrogens (tertiary/aromatic N) is 1. The molecule has 3 aromatic carbocycles. The molecule has 2 aliphatic heterocycles. The molecule has 3 atom stereocenters. The number of nitrogens with one attached hydrogen (secondary N) is 2. The summed E-state index contributed by atoms with van der Waals surface area (Å²) in [5, 5.41) is 6.82. The number of alkyl halides is 3. The molecule has 1 unspecified atom stereocenters. The van der Waals surface area contributed by atoms with E-state index in [0.717, 1.165) is 54.4 Å². The lowest BCUT2D eigenvalue weighted by atomic mass is 9.81. The molecule has 6 rings (SSSR count). The number of benzene rings is 3. The van der Waals surface area contributed by atoms with E-state index in [0.29, 0.717) is 47.8 Å². The van der Waals surface area contributed by atoms with E-state index < -0.39 is 21.5 Å². The number of aryl methyl sites for hydroxylation is 1. The van der Waals surface area contributed by atoms with E-state index >= 15 is 0 Å². The number of piperazine rings is 1. The highest BCUT2D eigenvalue weighted by atomic mass is 79.9. The smallest absolute Gasteiger partial charge is 0.411 e. The molecule has 7 nitrogen and oxygen atoms in total. The van der Waals surface area contributed by atoms with Crippen molar-refractivity contribution >= 4 is 80.7 Å². The second-order valence-electron chi connectivity index (χ2n) is 14.0. The van der Waals surface area contributed by atoms with E-state index in [1.165, 1.54) is 12.1 Å². The van der Waals surface area contributed by atoms with Gasteiger partial charge in [-0.2, -0.15) is 0 Å². The summed E-state index contributed by atoms with van der Waals surface area (Å²) in [5.74, 6) is 0.338. The zero-order valence-electron chi connectivity index (χ0n) is 29.0. The Bertz CT molecular complexity index is 1750. The van der Waals surface area contributed by atoms with Gasteiger partial charge in [0.05, 0.1) is 23.2 Å². The summed E-state index contributed by atoms with van der Waals surface area (Å²) in [7, 11) is 0. The molecule has 1 aliphatic carbocycles. The highest BCUT2D eigenvalue weighted by Gasteiger charge is 2.50. The Morgan fingerprint density at radius 2 is 1.73 bits per heavy atom. The summed E-state index contributed by atoms with van der Waals surface area (Å²) in [6.07, 6.45) is 4.16. The fraction of sp³-hybridized carbons (Fsp3) is 0.436. The predicted octanol–water partition coefficient (Wildman–Crippen LogP) is 9.24. The van der Waals surface area contributed by atoms with Gasteiger partial charge in [-0.25, -0.2) is 9.18 Å². The largest absolute Gasteiger partial charge is 0.492 e. The molecule has 0 radical (unpaired) electrons. The molecule has 2 N–H and O–H groups in total. The number of rotatable bonds is 12. The highest BCUT2D eigenvalue weighted by Crippen LogP contribution is 2.43. The first kappa shape index (κ1) is 40.7. The molecule has 2 bridgehead atoms. The molecule has 0 spiro atoms. The van der Waals surface area contributed by atoms with Crippen molar-refractivity contribution in [2.75, 3.05) is 19.7 Å². The molecular weight excluding hydrogens is 815 g/mol. The Morgan fingerprint density at radius 3 is 2.40 bits per heavy atom. The van der Waals surface area contributed by atoms with Gasteiger partial charge in [0.1, 0.15) is 11.6 Å². The van der Waals surface area contributed by atoms with Gasteiger partial charge >= 0.3 is 6.09 Å². The highest BCUT2D eigenvalue weighted by molar-refractivity contribution is 9.10. The van der Waals surface area contributed by atoms with Crippen LogP contribution in [0.25, 0.3) is 5.57 Å². The van der Waals surface area contributed by atoms with Gasteiger partial charge in [0, 0.05) is 30.8 Å². The fourth-order valence-electron chi connectivity index (χ4n) is 6.83. The number of carbonyl (C=O) groups is 2. The van der Waals surface area contributed by atoms with Crippen LogP contribution in [-0.2, 0) is 22.4 Å². The minimum Gasteiger partial charge on any atom is -0.492 e. The first-order valence-corrected chi connectivity index (χ1v) is 19.3. The Balaban J connectivity index is 0.00000523. The van der Waals surface area contributed by atoms with Crippen molar-refractivity contribution in [3.8, 4) is 5.75 Å². The van der Waals surface area contributed by atoms with Gasteiger partial charge in [-0.3, -0.25) is 9.69 Å². The Kier molecular flexibility index (Phi) is 13.5. The topological polar surface area (TPSA) is 79.9 Å². The Hall–Kier alpha value is -2.53. The Labute approximate surface area is 334 Å². The monoisotopic (exact) mass is 855 g/mol. The number of hydrogen-bond donors (Lipinski definition) is 2. The van der Waals surface area contributed by atoms with Crippen LogP contribution in [0.1, 0.15) is 56.2 Å². The van der Waals surface area contributed by atoms with Gasteiger partial charge in [-0.05, 0) is 109 Å². The van der Waals surface area contributed by atoms with Gasteiger partial charge in [0.2, 0.25) is 9.70 Å². The summed E-state index contributed by atoms with van der Waals surface area (Å²) >= 11 is 22.0. The van der Waals surface area contributed by atoms with Crippen LogP contribution in [0.2, 0.25) is 0 Å². The van der Waals surface area contributed by atoms with Crippen LogP contribution in [0.4, 0.5) is 9.18 Å². The average molecular weight is 859 g/mol. The Morgan fingerprint density at radius 1 is 1.02 bits per heavy atom. The predicted molar refractivity (Wildman–Crippen MR) is 211 cm³/mol. The first-order valence-electron chi connectivity index (χ1n) is 17.3. The van der Waals surface area contributed by atoms with Gasteiger partial charge in [-0.1, -0.05) is 89.4 Å². The molecule has 280 valence electrons. The van der Waals surface area contributed by atoms with Crippen molar-refractivity contribution in [3.05, 3.63) is 105 Å². The van der Waals surface area contributed by atoms with Crippen molar-refractivity contribution < 1.29 is 23.5 Å². The molecule has 2 amide bonds. The molecular formula is C39H43BrCl4FN3O4. The van der Waals surface area contributed by atoms with E-state index in [4.69, 9.17) is 44.3 Å². The lowest BCUT2D eigenvalue weighted by Crippen LogP contribution is -2.64. The third-order valence-electron chi connectivity index (χ3n) is 9.89. The van der Waals surface area contributed by atoms with Crippen molar-refractivity contribution in [2.45, 2.75) is 79.9 Å². The van der Waals surface area contributed by atoms with Crippen LogP contribution in [0.3, 0.4) is 0 Å². The molecule has 1 saturated heterocycles. The van der Waals surface area contributed by atoms with Gasteiger partial charge in [-0.15, -0.1) is 12.4 Å². The third-order valence-corrected chi connectivity index (χ3v) is 11.9. The normalized spacial score (nSPS) is 19.4. The summed E-state index contributed by atoms with van der Waals surface area (Å²) < 4.78 is 24.1. The number of hydrogen-bond acceptors (Lipinski definition) is 5. The van der Waals surface area contributed by atoms with Crippen molar-refractivity contribution in [2.24, 2.45) is 5.92 Å². The van der Waals surface area contributed by atoms with E-state index in [9.17, 15) is 14.0 Å². The SMILES string of the molecule is CC(C)(OC(=O)N1[C@H]2CNC[C@@H]1C(C(=O)NC(Cc1ccccc1)C1CC1)=C(c1ccc(CCCOc3cc(F)ccc3Br)cc1)C2)C(Cl)(Cl)Cl.Cl. The molecule has 52 heavy (non-hydrogen) atoms. The molecule has 3 aliphatic rings. The van der Waals surface area contributed by atoms with Gasteiger partial charge < -0.3 is 20.1 Å². The van der Waals surface area contributed by atoms with Crippen molar-refractivity contribution in [3.63, 3.8) is 0 Å². The number of carbonyl (C=O) groups excluding carboxylic acids is 2. The number of amides is 2. The fourth-order valence-corrected chi connectivity index (χ4v) is 7.31. The van der Waals surface area contributed by atoms with Crippen LogP contribution < -0.4 is 15.4 Å². The molecule has 1 saturated carbocycles. The zero-order chi connectivity index (χ0) is 36.3. The average Bonchev–Trinajstić information content (AvgIpc) is 3.93. The molecule has 2 heterocycles. The molecule has 2 fully saturated rings. The summed E-state index contributed by atoms with van der Waals surface area (Å²) in [6, 6.07) is 21.9. The van der Waals surface area contributed by atoms with Crippen LogP contribution >= 0.6 is 63.1 Å². The minimum absolute atomic E-state index is 0. The van der Waals surface area contributed by atoms with Gasteiger partial charge in [0.15, 0.2) is 5.60 Å². The third kappa shape index (κ3) is 9.76. The van der Waals surface area contributed by atoms with Crippen LogP contribution in [-0.4, -0.2) is 64.1 Å². The lowest BCUT2D eigenvalue weighted by molar-refractivity contribution is -0.119. The maximum atomic E-state index is 14.6. The van der Waals surface area contributed by atoms with Gasteiger partial charge in [0.25, 0.3) is 0 Å². The quantitative estimate of drug-likeness (QED) is 0.140. The second kappa shape index (κ2) is 17.3. The van der Waals surface area contributed by atoms with E-state index in [1.807, 2.05) is 30.3 Å². The number of ether oxygens (including phenoxy) is 2. The van der Waals surface area contributed by atoms with Crippen LogP contribution in [0.5, 0.6) is 5.75 Å².